The first-order valence-electron chi connectivity index (χ1n) is 8.90. The maximum Gasteiger partial charge on any atom is 0.190 e. The summed E-state index contributed by atoms with van der Waals surface area (Å²) in [7, 11) is 0. The highest BCUT2D eigenvalue weighted by atomic mass is 16.3. The Morgan fingerprint density at radius 2 is 0.741 bits per heavy atom. The fourth-order valence-electron chi connectivity index (χ4n) is 4.26. The van der Waals surface area contributed by atoms with E-state index in [1.807, 2.05) is 60.7 Å². The molecule has 3 nitrogen and oxygen atoms in total. The Morgan fingerprint density at radius 1 is 0.407 bits per heavy atom. The van der Waals surface area contributed by atoms with Crippen LogP contribution in [0.25, 0.3) is 11.1 Å². The molecule has 0 aromatic heterocycles. The largest absolute Gasteiger partial charge is 0.503 e. The van der Waals surface area contributed by atoms with Gasteiger partial charge in [0.1, 0.15) is 0 Å². The van der Waals surface area contributed by atoms with Crippen LogP contribution in [0.5, 0.6) is 11.5 Å². The van der Waals surface area contributed by atoms with Gasteiger partial charge in [0, 0.05) is 24.3 Å². The first-order chi connectivity index (χ1) is 13.2. The second-order valence-electron chi connectivity index (χ2n) is 6.68. The topological polar surface area (TPSA) is 40.5 Å². The van der Waals surface area contributed by atoms with Crippen LogP contribution < -0.4 is 4.48 Å². The Balaban J connectivity index is 2.03. The highest BCUT2D eigenvalue weighted by molar-refractivity contribution is 6.03. The number of hydrogen-bond donors (Lipinski definition) is 2. The molecule has 1 aliphatic rings. The number of phenolic OH excluding ortho intramolecular Hbond substituents is 2. The fraction of sp³-hybridized carbons (Fsp3) is 0. The molecule has 27 heavy (non-hydrogen) atoms. The molecule has 0 spiro atoms. The highest BCUT2D eigenvalue weighted by Gasteiger charge is 2.50. The van der Waals surface area contributed by atoms with Crippen molar-refractivity contribution in [3.8, 4) is 22.6 Å². The summed E-state index contributed by atoms with van der Waals surface area (Å²) in [5, 5.41) is 21.7. The number of rotatable bonds is 2. The summed E-state index contributed by atoms with van der Waals surface area (Å²) >= 11 is 0. The third-order valence-corrected chi connectivity index (χ3v) is 5.31. The molecule has 5 rings (SSSR count). The van der Waals surface area contributed by atoms with E-state index in [1.54, 1.807) is 12.1 Å². The lowest BCUT2D eigenvalue weighted by molar-refractivity contribution is 0.453. The van der Waals surface area contributed by atoms with Crippen molar-refractivity contribution in [3.05, 3.63) is 97.1 Å². The minimum atomic E-state index is 0.145. The number of hydrogen-bond acceptors (Lipinski definition) is 2. The summed E-state index contributed by atoms with van der Waals surface area (Å²) in [5.41, 5.74) is 5.61. The van der Waals surface area contributed by atoms with Crippen LogP contribution in [-0.2, 0) is 0 Å². The van der Waals surface area contributed by atoms with Gasteiger partial charge in [-0.1, -0.05) is 48.5 Å². The van der Waals surface area contributed by atoms with Crippen molar-refractivity contribution in [2.75, 3.05) is 0 Å². The zero-order valence-electron chi connectivity index (χ0n) is 14.6. The van der Waals surface area contributed by atoms with Gasteiger partial charge in [0.15, 0.2) is 34.2 Å². The molecular weight excluding hydrogens is 334 g/mol. The molecule has 0 fully saturated rings. The molecule has 0 saturated heterocycles. The van der Waals surface area contributed by atoms with Crippen LogP contribution in [0.3, 0.4) is 0 Å². The molecule has 0 aliphatic carbocycles. The molecule has 3 heteroatoms. The summed E-state index contributed by atoms with van der Waals surface area (Å²) in [6.45, 7) is 0. The second-order valence-corrected chi connectivity index (χ2v) is 6.68. The van der Waals surface area contributed by atoms with Crippen molar-refractivity contribution in [3.63, 3.8) is 0 Å². The molecule has 1 aliphatic heterocycles. The summed E-state index contributed by atoms with van der Waals surface area (Å²) in [6, 6.07) is 31.0. The third-order valence-electron chi connectivity index (χ3n) is 5.31. The molecule has 1 heterocycles. The van der Waals surface area contributed by atoms with Gasteiger partial charge in [-0.15, -0.1) is 0 Å². The molecule has 2 N–H and O–H groups in total. The first kappa shape index (κ1) is 15.7. The van der Waals surface area contributed by atoms with Crippen LogP contribution in [0.4, 0.5) is 22.7 Å². The van der Waals surface area contributed by atoms with Gasteiger partial charge < -0.3 is 10.2 Å². The average Bonchev–Trinajstić information content (AvgIpc) is 3.00. The van der Waals surface area contributed by atoms with Gasteiger partial charge in [0.25, 0.3) is 0 Å². The predicted molar refractivity (Wildman–Crippen MR) is 109 cm³/mol. The number of aromatic hydroxyl groups is 2. The number of benzene rings is 4. The molecule has 0 atom stereocenters. The summed E-state index contributed by atoms with van der Waals surface area (Å²) in [5.74, 6) is 0.375. The fourth-order valence-corrected chi connectivity index (χ4v) is 4.26. The number of fused-ring (bicyclic) bond motifs is 3. The van der Waals surface area contributed by atoms with E-state index in [0.717, 1.165) is 22.5 Å². The van der Waals surface area contributed by atoms with Gasteiger partial charge in [-0.3, -0.25) is 0 Å². The van der Waals surface area contributed by atoms with E-state index in [-0.39, 0.29) is 16.0 Å². The van der Waals surface area contributed by atoms with Crippen LogP contribution in [0.1, 0.15) is 0 Å². The lowest BCUT2D eigenvalue weighted by atomic mass is 10.1. The zero-order chi connectivity index (χ0) is 18.4. The summed E-state index contributed by atoms with van der Waals surface area (Å²) in [4.78, 5) is 0. The molecule has 0 radical (unpaired) electrons. The molecular formula is C24H18NO2+. The Labute approximate surface area is 157 Å². The van der Waals surface area contributed by atoms with Crippen LogP contribution >= 0.6 is 0 Å². The number of nitrogens with zero attached hydrogens (tertiary/aromatic N) is 1. The maximum atomic E-state index is 10.8. The van der Waals surface area contributed by atoms with Crippen molar-refractivity contribution in [1.29, 1.82) is 0 Å². The molecule has 0 unspecified atom stereocenters. The van der Waals surface area contributed by atoms with Crippen LogP contribution in [-0.4, -0.2) is 10.2 Å². The first-order valence-corrected chi connectivity index (χ1v) is 8.90. The Hall–Kier alpha value is -3.56. The van der Waals surface area contributed by atoms with Crippen molar-refractivity contribution in [2.45, 2.75) is 0 Å². The van der Waals surface area contributed by atoms with E-state index in [4.69, 9.17) is 0 Å². The van der Waals surface area contributed by atoms with E-state index in [9.17, 15) is 10.2 Å². The lowest BCUT2D eigenvalue weighted by Gasteiger charge is -2.34. The Bertz CT molecular complexity index is 1070. The molecule has 0 amide bonds. The smallest absolute Gasteiger partial charge is 0.190 e. The third kappa shape index (κ3) is 2.00. The number of para-hydroxylation sites is 6. The van der Waals surface area contributed by atoms with Crippen LogP contribution in [0, 0.1) is 0 Å². The number of quaternary nitrogens is 1. The predicted octanol–water partition coefficient (Wildman–Crippen LogP) is 6.38. The van der Waals surface area contributed by atoms with Gasteiger partial charge in [-0.2, -0.15) is 4.48 Å². The lowest BCUT2D eigenvalue weighted by Crippen LogP contribution is -2.31. The van der Waals surface area contributed by atoms with Gasteiger partial charge >= 0.3 is 0 Å². The molecule has 4 aromatic rings. The average molecular weight is 352 g/mol. The van der Waals surface area contributed by atoms with Crippen molar-refractivity contribution in [1.82, 2.24) is 4.48 Å². The van der Waals surface area contributed by atoms with Gasteiger partial charge in [-0.25, -0.2) is 0 Å². The highest BCUT2D eigenvalue weighted by Crippen LogP contribution is 2.64. The summed E-state index contributed by atoms with van der Waals surface area (Å²) < 4.78 is 0.145. The SMILES string of the molecule is Oc1ccccc1[N+]1(c2ccccc2O)c2ccccc2-c2ccccc21. The maximum absolute atomic E-state index is 10.8. The van der Waals surface area contributed by atoms with E-state index >= 15 is 0 Å². The molecule has 4 aromatic carbocycles. The van der Waals surface area contributed by atoms with Gasteiger partial charge in [0.2, 0.25) is 0 Å². The second kappa shape index (κ2) is 5.73. The van der Waals surface area contributed by atoms with Crippen molar-refractivity contribution >= 4 is 22.7 Å². The molecule has 130 valence electrons. The van der Waals surface area contributed by atoms with Gasteiger partial charge in [-0.05, 0) is 24.3 Å². The number of phenols is 2. The standard InChI is InChI=1S/C24H17NO2/c26-23-15-7-5-13-21(23)25(22-14-6-8-16-24(22)27)19-11-3-1-9-17(19)18-10-2-4-12-20(18)25/h1-16H,(H-,26,27)/p+1. The Kier molecular flexibility index (Phi) is 3.33. The minimum Gasteiger partial charge on any atom is -0.503 e. The van der Waals surface area contributed by atoms with Crippen molar-refractivity contribution < 1.29 is 10.2 Å². The quantitative estimate of drug-likeness (QED) is 0.362. The van der Waals surface area contributed by atoms with Crippen LogP contribution in [0.15, 0.2) is 97.1 Å². The summed E-state index contributed by atoms with van der Waals surface area (Å²) in [6.07, 6.45) is 0. The van der Waals surface area contributed by atoms with E-state index in [1.165, 1.54) is 0 Å². The van der Waals surface area contributed by atoms with E-state index in [2.05, 4.69) is 24.3 Å². The van der Waals surface area contributed by atoms with Crippen molar-refractivity contribution in [2.24, 2.45) is 0 Å². The van der Waals surface area contributed by atoms with Crippen LogP contribution in [0.2, 0.25) is 0 Å². The Morgan fingerprint density at radius 3 is 1.15 bits per heavy atom. The minimum absolute atomic E-state index is 0.145. The van der Waals surface area contributed by atoms with E-state index in [0.29, 0.717) is 11.4 Å². The zero-order valence-corrected chi connectivity index (χ0v) is 14.6. The normalized spacial score (nSPS) is 13.8. The van der Waals surface area contributed by atoms with E-state index < -0.39 is 0 Å². The van der Waals surface area contributed by atoms with Gasteiger partial charge in [0.05, 0.1) is 11.1 Å². The monoisotopic (exact) mass is 352 g/mol. The molecule has 0 bridgehead atoms. The molecule has 0 saturated carbocycles.